The topological polar surface area (TPSA) is 49.4 Å². The molecular weight excluding hydrogens is 252 g/mol. The van der Waals surface area contributed by atoms with E-state index in [0.29, 0.717) is 13.0 Å². The fourth-order valence-electron chi connectivity index (χ4n) is 3.55. The van der Waals surface area contributed by atoms with Crippen LogP contribution in [0.15, 0.2) is 24.3 Å². The summed E-state index contributed by atoms with van der Waals surface area (Å²) < 4.78 is 0. The van der Waals surface area contributed by atoms with Crippen LogP contribution < -0.4 is 10.2 Å². The summed E-state index contributed by atoms with van der Waals surface area (Å²) in [6, 6.07) is 7.66. The van der Waals surface area contributed by atoms with Crippen LogP contribution in [-0.2, 0) is 16.1 Å². The number of amides is 2. The van der Waals surface area contributed by atoms with Crippen molar-refractivity contribution in [1.29, 1.82) is 0 Å². The van der Waals surface area contributed by atoms with Gasteiger partial charge in [0.1, 0.15) is 0 Å². The van der Waals surface area contributed by atoms with Gasteiger partial charge in [0.05, 0.1) is 11.1 Å². The van der Waals surface area contributed by atoms with Crippen LogP contribution in [0.1, 0.15) is 37.7 Å². The molecular formula is C16H20N2O2. The van der Waals surface area contributed by atoms with Crippen LogP contribution in [0.25, 0.3) is 0 Å². The number of carbonyl (C=O) groups is 2. The molecule has 0 radical (unpaired) electrons. The maximum atomic E-state index is 12.8. The zero-order chi connectivity index (χ0) is 14.2. The minimum Gasteiger partial charge on any atom is -0.316 e. The number of benzene rings is 1. The van der Waals surface area contributed by atoms with Gasteiger partial charge in [0.15, 0.2) is 0 Å². The Morgan fingerprint density at radius 3 is 2.60 bits per heavy atom. The van der Waals surface area contributed by atoms with Crippen LogP contribution >= 0.6 is 0 Å². The highest BCUT2D eigenvalue weighted by Crippen LogP contribution is 2.48. The second-order valence-electron chi connectivity index (χ2n) is 5.86. The lowest BCUT2D eigenvalue weighted by Crippen LogP contribution is -2.35. The number of rotatable bonds is 3. The fourth-order valence-corrected chi connectivity index (χ4v) is 3.55. The van der Waals surface area contributed by atoms with E-state index in [1.165, 1.54) is 4.90 Å². The Balaban J connectivity index is 1.98. The first-order valence-electron chi connectivity index (χ1n) is 7.28. The van der Waals surface area contributed by atoms with Crippen LogP contribution in [0.5, 0.6) is 0 Å². The van der Waals surface area contributed by atoms with Crippen molar-refractivity contribution in [2.24, 2.45) is 5.41 Å². The number of hydrogen-bond acceptors (Lipinski definition) is 3. The lowest BCUT2D eigenvalue weighted by Gasteiger charge is -2.22. The molecule has 1 heterocycles. The highest BCUT2D eigenvalue weighted by atomic mass is 16.2. The molecule has 2 amide bonds. The lowest BCUT2D eigenvalue weighted by molar-refractivity contribution is -0.125. The third-order valence-electron chi connectivity index (χ3n) is 4.56. The van der Waals surface area contributed by atoms with Crippen molar-refractivity contribution in [3.8, 4) is 0 Å². The van der Waals surface area contributed by atoms with Gasteiger partial charge in [0.2, 0.25) is 11.8 Å². The number of nitrogens with zero attached hydrogens (tertiary/aromatic N) is 1. The number of nitrogens with one attached hydrogen (secondary N) is 1. The van der Waals surface area contributed by atoms with E-state index in [0.717, 1.165) is 36.9 Å². The van der Waals surface area contributed by atoms with Crippen LogP contribution in [0.4, 0.5) is 5.69 Å². The van der Waals surface area contributed by atoms with E-state index >= 15 is 0 Å². The van der Waals surface area contributed by atoms with Gasteiger partial charge in [-0.2, -0.15) is 0 Å². The molecule has 0 aromatic heterocycles. The van der Waals surface area contributed by atoms with Gasteiger partial charge in [-0.3, -0.25) is 9.59 Å². The van der Waals surface area contributed by atoms with E-state index in [1.54, 1.807) is 0 Å². The van der Waals surface area contributed by atoms with E-state index < -0.39 is 5.41 Å². The molecule has 2 fully saturated rings. The molecule has 1 aromatic rings. The molecule has 0 unspecified atom stereocenters. The zero-order valence-electron chi connectivity index (χ0n) is 11.8. The number of carbonyl (C=O) groups excluding carboxylic acids is 2. The number of imide groups is 1. The summed E-state index contributed by atoms with van der Waals surface area (Å²) in [6.45, 7) is 0.653. The van der Waals surface area contributed by atoms with Gasteiger partial charge in [-0.1, -0.05) is 31.0 Å². The molecule has 1 spiro atoms. The Bertz CT molecular complexity index is 547. The van der Waals surface area contributed by atoms with Gasteiger partial charge in [0.25, 0.3) is 0 Å². The van der Waals surface area contributed by atoms with Gasteiger partial charge in [-0.25, -0.2) is 4.90 Å². The van der Waals surface area contributed by atoms with E-state index in [2.05, 4.69) is 5.32 Å². The average molecular weight is 272 g/mol. The molecule has 1 aliphatic carbocycles. The second-order valence-corrected chi connectivity index (χ2v) is 5.86. The van der Waals surface area contributed by atoms with Crippen molar-refractivity contribution in [2.45, 2.75) is 38.6 Å². The summed E-state index contributed by atoms with van der Waals surface area (Å²) in [4.78, 5) is 26.6. The molecule has 4 heteroatoms. The Kier molecular flexibility index (Phi) is 3.34. The Hall–Kier alpha value is -1.68. The maximum Gasteiger partial charge on any atom is 0.240 e. The first kappa shape index (κ1) is 13.3. The van der Waals surface area contributed by atoms with E-state index in [-0.39, 0.29) is 11.8 Å². The summed E-state index contributed by atoms with van der Waals surface area (Å²) in [5.41, 5.74) is 1.34. The van der Waals surface area contributed by atoms with Crippen LogP contribution in [0.2, 0.25) is 0 Å². The predicted molar refractivity (Wildman–Crippen MR) is 77.2 cm³/mol. The van der Waals surface area contributed by atoms with Gasteiger partial charge in [0, 0.05) is 13.0 Å². The largest absolute Gasteiger partial charge is 0.316 e. The number of para-hydroxylation sites is 1. The molecule has 2 aliphatic rings. The lowest BCUT2D eigenvalue weighted by atomic mass is 9.84. The molecule has 1 N–H and O–H groups in total. The summed E-state index contributed by atoms with van der Waals surface area (Å²) in [7, 11) is 1.86. The number of hydrogen-bond donors (Lipinski definition) is 1. The number of anilines is 1. The predicted octanol–water partition coefficient (Wildman–Crippen LogP) is 2.23. The van der Waals surface area contributed by atoms with Crippen LogP contribution in [-0.4, -0.2) is 18.9 Å². The van der Waals surface area contributed by atoms with Gasteiger partial charge >= 0.3 is 0 Å². The minimum atomic E-state index is -0.399. The minimum absolute atomic E-state index is 0.0172. The molecule has 1 aromatic carbocycles. The summed E-state index contributed by atoms with van der Waals surface area (Å²) in [5.74, 6) is -0.0241. The summed E-state index contributed by atoms with van der Waals surface area (Å²) in [5, 5.41) is 3.09. The Labute approximate surface area is 119 Å². The smallest absolute Gasteiger partial charge is 0.240 e. The summed E-state index contributed by atoms with van der Waals surface area (Å²) >= 11 is 0. The molecule has 3 rings (SSSR count). The third-order valence-corrected chi connectivity index (χ3v) is 4.56. The Morgan fingerprint density at radius 1 is 1.20 bits per heavy atom. The molecule has 1 aliphatic heterocycles. The molecule has 20 heavy (non-hydrogen) atoms. The average Bonchev–Trinajstić information content (AvgIpc) is 2.99. The SMILES string of the molecule is CNCc1ccccc1N1C(=O)CC2(CCCC2)C1=O. The monoisotopic (exact) mass is 272 g/mol. The van der Waals surface area contributed by atoms with Crippen molar-refractivity contribution in [3.63, 3.8) is 0 Å². The molecule has 4 nitrogen and oxygen atoms in total. The van der Waals surface area contributed by atoms with E-state index in [4.69, 9.17) is 0 Å². The van der Waals surface area contributed by atoms with Gasteiger partial charge in [-0.05, 0) is 31.5 Å². The van der Waals surface area contributed by atoms with Crippen LogP contribution in [0, 0.1) is 5.41 Å². The van der Waals surface area contributed by atoms with Crippen molar-refractivity contribution in [3.05, 3.63) is 29.8 Å². The zero-order valence-corrected chi connectivity index (χ0v) is 11.8. The molecule has 106 valence electrons. The standard InChI is InChI=1S/C16H20N2O2/c1-17-11-12-6-2-3-7-13(12)18-14(19)10-16(15(18)20)8-4-5-9-16/h2-3,6-7,17H,4-5,8-11H2,1H3. The van der Waals surface area contributed by atoms with Crippen molar-refractivity contribution in [1.82, 2.24) is 5.32 Å². The molecule has 1 saturated carbocycles. The first-order valence-corrected chi connectivity index (χ1v) is 7.28. The maximum absolute atomic E-state index is 12.8. The second kappa shape index (κ2) is 5.02. The highest BCUT2D eigenvalue weighted by Gasteiger charge is 2.53. The summed E-state index contributed by atoms with van der Waals surface area (Å²) in [6.07, 6.45) is 4.24. The molecule has 0 bridgehead atoms. The van der Waals surface area contributed by atoms with Gasteiger partial charge in [-0.15, -0.1) is 0 Å². The molecule has 1 saturated heterocycles. The first-order chi connectivity index (χ1) is 9.68. The van der Waals surface area contributed by atoms with E-state index in [1.807, 2.05) is 31.3 Å². The van der Waals surface area contributed by atoms with Crippen molar-refractivity contribution < 1.29 is 9.59 Å². The van der Waals surface area contributed by atoms with Gasteiger partial charge < -0.3 is 5.32 Å². The van der Waals surface area contributed by atoms with Crippen molar-refractivity contribution in [2.75, 3.05) is 11.9 Å². The molecule has 0 atom stereocenters. The quantitative estimate of drug-likeness (QED) is 0.858. The third kappa shape index (κ3) is 1.95. The van der Waals surface area contributed by atoms with E-state index in [9.17, 15) is 9.59 Å². The Morgan fingerprint density at radius 2 is 1.90 bits per heavy atom. The van der Waals surface area contributed by atoms with Crippen molar-refractivity contribution >= 4 is 17.5 Å². The fraction of sp³-hybridized carbons (Fsp3) is 0.500. The normalized spacial score (nSPS) is 21.1. The highest BCUT2D eigenvalue weighted by molar-refractivity contribution is 6.23. The van der Waals surface area contributed by atoms with Crippen LogP contribution in [0.3, 0.4) is 0 Å².